The van der Waals surface area contributed by atoms with Crippen molar-refractivity contribution in [2.45, 2.75) is 25.3 Å². The van der Waals surface area contributed by atoms with E-state index in [2.05, 4.69) is 41.2 Å². The Kier molecular flexibility index (Phi) is 6.07. The van der Waals surface area contributed by atoms with Crippen LogP contribution in [0.3, 0.4) is 0 Å². The van der Waals surface area contributed by atoms with E-state index in [1.165, 1.54) is 52.0 Å². The van der Waals surface area contributed by atoms with E-state index >= 15 is 0 Å². The number of piperazine rings is 1. The molecule has 0 bridgehead atoms. The van der Waals surface area contributed by atoms with Gasteiger partial charge in [-0.05, 0) is 59.4 Å². The van der Waals surface area contributed by atoms with Crippen molar-refractivity contribution in [1.29, 1.82) is 0 Å². The average Bonchev–Trinajstić information content (AvgIpc) is 2.39. The SMILES string of the molecule is CN1CCCC(CCN(C)CC2CNCCN2C)C1. The highest BCUT2D eigenvalue weighted by Gasteiger charge is 2.21. The minimum absolute atomic E-state index is 0.688. The molecule has 0 spiro atoms. The molecule has 0 saturated carbocycles. The number of likely N-dealkylation sites (N-methyl/N-ethyl adjacent to an activating group) is 2. The molecule has 4 nitrogen and oxygen atoms in total. The van der Waals surface area contributed by atoms with Gasteiger partial charge in [0.25, 0.3) is 0 Å². The van der Waals surface area contributed by atoms with Gasteiger partial charge in [-0.2, -0.15) is 0 Å². The Morgan fingerprint density at radius 1 is 1.26 bits per heavy atom. The number of hydrogen-bond acceptors (Lipinski definition) is 4. The molecule has 0 aromatic rings. The van der Waals surface area contributed by atoms with Crippen molar-refractivity contribution in [3.63, 3.8) is 0 Å². The summed E-state index contributed by atoms with van der Waals surface area (Å²) in [6, 6.07) is 0.688. The van der Waals surface area contributed by atoms with Crippen LogP contribution in [-0.4, -0.2) is 87.7 Å². The molecule has 0 aromatic carbocycles. The molecule has 2 unspecified atom stereocenters. The van der Waals surface area contributed by atoms with Crippen molar-refractivity contribution in [2.75, 3.05) is 67.0 Å². The molecule has 1 N–H and O–H groups in total. The predicted molar refractivity (Wildman–Crippen MR) is 81.6 cm³/mol. The molecule has 112 valence electrons. The number of nitrogens with one attached hydrogen (secondary N) is 1. The fourth-order valence-corrected chi connectivity index (χ4v) is 3.43. The second-order valence-corrected chi connectivity index (χ2v) is 6.66. The maximum Gasteiger partial charge on any atom is 0.0345 e. The summed E-state index contributed by atoms with van der Waals surface area (Å²) in [5, 5.41) is 3.51. The third-order valence-electron chi connectivity index (χ3n) is 4.81. The standard InChI is InChI=1S/C15H32N4/c1-17-8-4-5-14(12-17)6-9-18(2)13-15-11-16-7-10-19(15)3/h14-16H,4-13H2,1-3H3. The van der Waals surface area contributed by atoms with E-state index in [1.54, 1.807) is 0 Å². The maximum absolute atomic E-state index is 3.51. The molecule has 2 atom stereocenters. The summed E-state index contributed by atoms with van der Waals surface area (Å²) in [5.74, 6) is 0.920. The van der Waals surface area contributed by atoms with Crippen LogP contribution in [0.5, 0.6) is 0 Å². The number of likely N-dealkylation sites (tertiary alicyclic amines) is 1. The lowest BCUT2D eigenvalue weighted by atomic mass is 9.95. The van der Waals surface area contributed by atoms with Crippen LogP contribution >= 0.6 is 0 Å². The summed E-state index contributed by atoms with van der Waals surface area (Å²) in [5.41, 5.74) is 0. The first-order valence-electron chi connectivity index (χ1n) is 7.93. The fraction of sp³-hybridized carbons (Fsp3) is 1.00. The highest BCUT2D eigenvalue weighted by molar-refractivity contribution is 4.80. The van der Waals surface area contributed by atoms with Gasteiger partial charge < -0.3 is 15.1 Å². The van der Waals surface area contributed by atoms with Crippen molar-refractivity contribution in [1.82, 2.24) is 20.0 Å². The second-order valence-electron chi connectivity index (χ2n) is 6.66. The van der Waals surface area contributed by atoms with Crippen LogP contribution in [0.15, 0.2) is 0 Å². The van der Waals surface area contributed by atoms with Crippen molar-refractivity contribution < 1.29 is 0 Å². The molecule has 2 saturated heterocycles. The van der Waals surface area contributed by atoms with Gasteiger partial charge in [-0.15, -0.1) is 0 Å². The van der Waals surface area contributed by atoms with E-state index in [1.807, 2.05) is 0 Å². The van der Waals surface area contributed by atoms with E-state index in [4.69, 9.17) is 0 Å². The van der Waals surface area contributed by atoms with Crippen LogP contribution in [0.25, 0.3) is 0 Å². The Morgan fingerprint density at radius 3 is 2.84 bits per heavy atom. The summed E-state index contributed by atoms with van der Waals surface area (Å²) in [6.07, 6.45) is 4.19. The van der Waals surface area contributed by atoms with Gasteiger partial charge in [0.15, 0.2) is 0 Å². The number of rotatable bonds is 5. The van der Waals surface area contributed by atoms with Crippen molar-refractivity contribution in [2.24, 2.45) is 5.92 Å². The van der Waals surface area contributed by atoms with E-state index in [-0.39, 0.29) is 0 Å². The van der Waals surface area contributed by atoms with E-state index < -0.39 is 0 Å². The first-order valence-corrected chi connectivity index (χ1v) is 7.93. The molecule has 2 rings (SSSR count). The molecular formula is C15H32N4. The Bertz CT molecular complexity index is 259. The van der Waals surface area contributed by atoms with E-state index in [9.17, 15) is 0 Å². The largest absolute Gasteiger partial charge is 0.314 e. The number of piperidine rings is 1. The Morgan fingerprint density at radius 2 is 2.11 bits per heavy atom. The Labute approximate surface area is 119 Å². The fourth-order valence-electron chi connectivity index (χ4n) is 3.43. The molecule has 4 heteroatoms. The summed E-state index contributed by atoms with van der Waals surface area (Å²) < 4.78 is 0. The van der Waals surface area contributed by atoms with Gasteiger partial charge in [0.1, 0.15) is 0 Å². The Balaban J connectivity index is 1.64. The molecule has 2 heterocycles. The van der Waals surface area contributed by atoms with Crippen molar-refractivity contribution in [3.05, 3.63) is 0 Å². The van der Waals surface area contributed by atoms with Crippen LogP contribution in [0.1, 0.15) is 19.3 Å². The van der Waals surface area contributed by atoms with Gasteiger partial charge in [0.2, 0.25) is 0 Å². The minimum Gasteiger partial charge on any atom is -0.314 e. The lowest BCUT2D eigenvalue weighted by Crippen LogP contribution is -2.53. The molecule has 2 fully saturated rings. The highest BCUT2D eigenvalue weighted by Crippen LogP contribution is 2.18. The number of nitrogens with zero attached hydrogens (tertiary/aromatic N) is 3. The third kappa shape index (κ3) is 5.03. The average molecular weight is 268 g/mol. The van der Waals surface area contributed by atoms with Gasteiger partial charge >= 0.3 is 0 Å². The predicted octanol–water partition coefficient (Wildman–Crippen LogP) is 0.554. The van der Waals surface area contributed by atoms with E-state index in [0.717, 1.165) is 19.0 Å². The molecule has 0 radical (unpaired) electrons. The van der Waals surface area contributed by atoms with Crippen LogP contribution in [0.2, 0.25) is 0 Å². The molecule has 0 aliphatic carbocycles. The van der Waals surface area contributed by atoms with Crippen LogP contribution in [0.4, 0.5) is 0 Å². The molecule has 19 heavy (non-hydrogen) atoms. The van der Waals surface area contributed by atoms with Crippen molar-refractivity contribution in [3.8, 4) is 0 Å². The summed E-state index contributed by atoms with van der Waals surface area (Å²) >= 11 is 0. The Hall–Kier alpha value is -0.160. The second kappa shape index (κ2) is 7.58. The summed E-state index contributed by atoms with van der Waals surface area (Å²) in [6.45, 7) is 8.53. The van der Waals surface area contributed by atoms with Gasteiger partial charge in [0, 0.05) is 38.8 Å². The first-order chi connectivity index (χ1) is 9.15. The summed E-state index contributed by atoms with van der Waals surface area (Å²) in [7, 11) is 6.81. The zero-order chi connectivity index (χ0) is 13.7. The van der Waals surface area contributed by atoms with E-state index in [0.29, 0.717) is 6.04 Å². The lowest BCUT2D eigenvalue weighted by Gasteiger charge is -2.36. The quantitative estimate of drug-likeness (QED) is 0.786. The molecule has 0 aromatic heterocycles. The topological polar surface area (TPSA) is 21.8 Å². The number of hydrogen-bond donors (Lipinski definition) is 1. The molecular weight excluding hydrogens is 236 g/mol. The normalized spacial score (nSPS) is 30.9. The lowest BCUT2D eigenvalue weighted by molar-refractivity contribution is 0.140. The molecule has 0 amide bonds. The van der Waals surface area contributed by atoms with Gasteiger partial charge in [0.05, 0.1) is 0 Å². The van der Waals surface area contributed by atoms with Crippen LogP contribution < -0.4 is 5.32 Å². The highest BCUT2D eigenvalue weighted by atomic mass is 15.2. The zero-order valence-corrected chi connectivity index (χ0v) is 13.1. The zero-order valence-electron chi connectivity index (χ0n) is 13.1. The van der Waals surface area contributed by atoms with Crippen LogP contribution in [-0.2, 0) is 0 Å². The summed E-state index contributed by atoms with van der Waals surface area (Å²) in [4.78, 5) is 7.52. The molecule has 2 aliphatic heterocycles. The van der Waals surface area contributed by atoms with Gasteiger partial charge in [-0.25, -0.2) is 0 Å². The maximum atomic E-state index is 3.51. The van der Waals surface area contributed by atoms with Gasteiger partial charge in [-0.1, -0.05) is 0 Å². The molecule has 2 aliphatic rings. The van der Waals surface area contributed by atoms with Gasteiger partial charge in [-0.3, -0.25) is 4.90 Å². The monoisotopic (exact) mass is 268 g/mol. The third-order valence-corrected chi connectivity index (χ3v) is 4.81. The smallest absolute Gasteiger partial charge is 0.0345 e. The minimum atomic E-state index is 0.688. The van der Waals surface area contributed by atoms with Crippen LogP contribution in [0, 0.1) is 5.92 Å². The first kappa shape index (κ1) is 15.2. The van der Waals surface area contributed by atoms with Crippen molar-refractivity contribution >= 4 is 0 Å².